The van der Waals surface area contributed by atoms with Crippen molar-refractivity contribution in [1.29, 1.82) is 0 Å². The maximum Gasteiger partial charge on any atom is 0.196 e. The van der Waals surface area contributed by atoms with Gasteiger partial charge in [-0.15, -0.1) is 0 Å². The van der Waals surface area contributed by atoms with Gasteiger partial charge in [-0.05, 0) is 43.3 Å². The van der Waals surface area contributed by atoms with Gasteiger partial charge in [-0.1, -0.05) is 27.5 Å². The van der Waals surface area contributed by atoms with Gasteiger partial charge in [0.2, 0.25) is 0 Å². The molecular weight excluding hydrogens is 342 g/mol. The first kappa shape index (κ1) is 14.9. The number of carbonyl (C=O) groups excluding carboxylic acids is 1. The zero-order valence-corrected chi connectivity index (χ0v) is 13.2. The topological polar surface area (TPSA) is 52.3 Å². The molecule has 0 saturated carbocycles. The maximum absolute atomic E-state index is 12.6. The molecule has 0 radical (unpaired) electrons. The van der Waals surface area contributed by atoms with Crippen LogP contribution in [0, 0.1) is 0 Å². The first-order chi connectivity index (χ1) is 9.52. The second-order valence-electron chi connectivity index (χ2n) is 4.14. The highest BCUT2D eigenvalue weighted by atomic mass is 79.9. The lowest BCUT2D eigenvalue weighted by molar-refractivity contribution is 0.103. The van der Waals surface area contributed by atoms with Gasteiger partial charge in [-0.2, -0.15) is 0 Å². The van der Waals surface area contributed by atoms with Crippen LogP contribution in [0.5, 0.6) is 5.75 Å². The van der Waals surface area contributed by atoms with Crippen LogP contribution in [0.15, 0.2) is 40.9 Å². The average Bonchev–Trinajstić information content (AvgIpc) is 2.43. The van der Waals surface area contributed by atoms with E-state index in [0.29, 0.717) is 34.2 Å². The van der Waals surface area contributed by atoms with Crippen molar-refractivity contribution < 1.29 is 9.53 Å². The Bertz CT molecular complexity index is 658. The molecule has 0 atom stereocenters. The monoisotopic (exact) mass is 353 g/mol. The van der Waals surface area contributed by atoms with Crippen LogP contribution >= 0.6 is 27.5 Å². The molecule has 0 aromatic heterocycles. The minimum atomic E-state index is -0.155. The van der Waals surface area contributed by atoms with Crippen LogP contribution in [0.3, 0.4) is 0 Å². The van der Waals surface area contributed by atoms with Crippen molar-refractivity contribution in [3.63, 3.8) is 0 Å². The minimum absolute atomic E-state index is 0.155. The summed E-state index contributed by atoms with van der Waals surface area (Å²) < 4.78 is 6.30. The van der Waals surface area contributed by atoms with Gasteiger partial charge < -0.3 is 10.5 Å². The number of halogens is 2. The number of hydrogen-bond acceptors (Lipinski definition) is 3. The van der Waals surface area contributed by atoms with Gasteiger partial charge >= 0.3 is 0 Å². The quantitative estimate of drug-likeness (QED) is 0.657. The van der Waals surface area contributed by atoms with Crippen LogP contribution in [-0.2, 0) is 0 Å². The molecule has 104 valence electrons. The Morgan fingerprint density at radius 1 is 1.30 bits per heavy atom. The van der Waals surface area contributed by atoms with E-state index in [1.54, 1.807) is 30.3 Å². The van der Waals surface area contributed by atoms with E-state index in [1.807, 2.05) is 13.0 Å². The molecular formula is C15H13BrClNO2. The molecule has 5 heteroatoms. The molecule has 0 bridgehead atoms. The van der Waals surface area contributed by atoms with Crippen molar-refractivity contribution in [3.8, 4) is 5.75 Å². The van der Waals surface area contributed by atoms with Crippen LogP contribution in [0.25, 0.3) is 0 Å². The number of ether oxygens (including phenoxy) is 1. The summed E-state index contributed by atoms with van der Waals surface area (Å²) in [6, 6.07) is 10.2. The molecule has 2 aromatic carbocycles. The van der Waals surface area contributed by atoms with Gasteiger partial charge in [0.25, 0.3) is 0 Å². The van der Waals surface area contributed by atoms with Crippen LogP contribution in [-0.4, -0.2) is 12.4 Å². The fraction of sp³-hybridized carbons (Fsp3) is 0.133. The van der Waals surface area contributed by atoms with Crippen LogP contribution < -0.4 is 10.5 Å². The number of carbonyl (C=O) groups is 1. The predicted molar refractivity (Wildman–Crippen MR) is 84.6 cm³/mol. The molecule has 0 heterocycles. The molecule has 0 spiro atoms. The second kappa shape index (κ2) is 6.29. The van der Waals surface area contributed by atoms with Gasteiger partial charge in [0.15, 0.2) is 5.78 Å². The fourth-order valence-corrected chi connectivity index (χ4v) is 2.28. The van der Waals surface area contributed by atoms with E-state index in [-0.39, 0.29) is 5.78 Å². The number of nitrogens with two attached hydrogens (primary N) is 1. The number of hydrogen-bond donors (Lipinski definition) is 1. The third kappa shape index (κ3) is 3.14. The first-order valence-electron chi connectivity index (χ1n) is 6.05. The van der Waals surface area contributed by atoms with E-state index in [2.05, 4.69) is 15.9 Å². The average molecular weight is 355 g/mol. The smallest absolute Gasteiger partial charge is 0.196 e. The van der Waals surface area contributed by atoms with Crippen molar-refractivity contribution >= 4 is 39.0 Å². The normalized spacial score (nSPS) is 10.3. The van der Waals surface area contributed by atoms with Crippen molar-refractivity contribution in [2.45, 2.75) is 6.92 Å². The summed E-state index contributed by atoms with van der Waals surface area (Å²) in [7, 11) is 0. The predicted octanol–water partition coefficient (Wildman–Crippen LogP) is 4.31. The second-order valence-corrected chi connectivity index (χ2v) is 5.46. The largest absolute Gasteiger partial charge is 0.493 e. The molecule has 0 amide bonds. The standard InChI is InChI=1S/C15H13BrClNO2/c1-2-20-14-6-4-10(16)8-11(14)15(19)9-3-5-12(17)13(18)7-9/h3-8H,2,18H2,1H3. The molecule has 3 nitrogen and oxygen atoms in total. The van der Waals surface area contributed by atoms with Crippen LogP contribution in [0.1, 0.15) is 22.8 Å². The summed E-state index contributed by atoms with van der Waals surface area (Å²) >= 11 is 9.23. The molecule has 0 aliphatic carbocycles. The van der Waals surface area contributed by atoms with Crippen molar-refractivity contribution in [2.75, 3.05) is 12.3 Å². The molecule has 2 rings (SSSR count). The Hall–Kier alpha value is -1.52. The summed E-state index contributed by atoms with van der Waals surface area (Å²) in [5.74, 6) is 0.396. The lowest BCUT2D eigenvalue weighted by Gasteiger charge is -2.10. The van der Waals surface area contributed by atoms with Crippen LogP contribution in [0.2, 0.25) is 5.02 Å². The van der Waals surface area contributed by atoms with Gasteiger partial charge in [0.1, 0.15) is 5.75 Å². The van der Waals surface area contributed by atoms with Crippen molar-refractivity contribution in [2.24, 2.45) is 0 Å². The Labute approximate surface area is 130 Å². The Kier molecular flexibility index (Phi) is 4.68. The molecule has 20 heavy (non-hydrogen) atoms. The summed E-state index contributed by atoms with van der Waals surface area (Å²) in [5, 5.41) is 0.431. The first-order valence-corrected chi connectivity index (χ1v) is 7.22. The maximum atomic E-state index is 12.6. The number of ketones is 1. The van der Waals surface area contributed by atoms with E-state index >= 15 is 0 Å². The van der Waals surface area contributed by atoms with Crippen LogP contribution in [0.4, 0.5) is 5.69 Å². The molecule has 0 saturated heterocycles. The third-order valence-electron chi connectivity index (χ3n) is 2.74. The number of rotatable bonds is 4. The molecule has 0 unspecified atom stereocenters. The lowest BCUT2D eigenvalue weighted by Crippen LogP contribution is -2.06. The summed E-state index contributed by atoms with van der Waals surface area (Å²) in [4.78, 5) is 12.6. The van der Waals surface area contributed by atoms with Crippen molar-refractivity contribution in [3.05, 3.63) is 57.0 Å². The summed E-state index contributed by atoms with van der Waals surface area (Å²) in [6.45, 7) is 2.36. The van der Waals surface area contributed by atoms with Gasteiger partial charge in [0, 0.05) is 10.0 Å². The lowest BCUT2D eigenvalue weighted by atomic mass is 10.0. The van der Waals surface area contributed by atoms with Crippen molar-refractivity contribution in [1.82, 2.24) is 0 Å². The van der Waals surface area contributed by atoms with E-state index in [9.17, 15) is 4.79 Å². The minimum Gasteiger partial charge on any atom is -0.493 e. The highest BCUT2D eigenvalue weighted by molar-refractivity contribution is 9.10. The van der Waals surface area contributed by atoms with E-state index in [0.717, 1.165) is 4.47 Å². The Balaban J connectivity index is 2.46. The number of benzene rings is 2. The Morgan fingerprint density at radius 3 is 2.70 bits per heavy atom. The van der Waals surface area contributed by atoms with Gasteiger partial charge in [-0.25, -0.2) is 0 Å². The van der Waals surface area contributed by atoms with Gasteiger partial charge in [0.05, 0.1) is 22.9 Å². The number of anilines is 1. The molecule has 0 fully saturated rings. The number of nitrogen functional groups attached to an aromatic ring is 1. The molecule has 0 aliphatic rings. The third-order valence-corrected chi connectivity index (χ3v) is 3.58. The molecule has 2 aromatic rings. The summed E-state index contributed by atoms with van der Waals surface area (Å²) in [5.41, 5.74) is 7.09. The SMILES string of the molecule is CCOc1ccc(Br)cc1C(=O)c1ccc(Cl)c(N)c1. The van der Waals surface area contributed by atoms with E-state index in [1.165, 1.54) is 0 Å². The summed E-state index contributed by atoms with van der Waals surface area (Å²) in [6.07, 6.45) is 0. The highest BCUT2D eigenvalue weighted by Gasteiger charge is 2.16. The van der Waals surface area contributed by atoms with E-state index in [4.69, 9.17) is 22.1 Å². The zero-order chi connectivity index (χ0) is 14.7. The highest BCUT2D eigenvalue weighted by Crippen LogP contribution is 2.27. The molecule has 0 aliphatic heterocycles. The molecule has 2 N–H and O–H groups in total. The van der Waals surface area contributed by atoms with Gasteiger partial charge in [-0.3, -0.25) is 4.79 Å². The fourth-order valence-electron chi connectivity index (χ4n) is 1.80. The van der Waals surface area contributed by atoms with E-state index < -0.39 is 0 Å². The zero-order valence-electron chi connectivity index (χ0n) is 10.8. The Morgan fingerprint density at radius 2 is 2.05 bits per heavy atom.